The van der Waals surface area contributed by atoms with Gasteiger partial charge in [-0.25, -0.2) is 28.7 Å². The average Bonchev–Trinajstić information content (AvgIpc) is 3.19. The van der Waals surface area contributed by atoms with Gasteiger partial charge in [0.2, 0.25) is 5.82 Å². The van der Waals surface area contributed by atoms with E-state index in [0.717, 1.165) is 6.07 Å². The molecule has 0 saturated carbocycles. The van der Waals surface area contributed by atoms with Crippen LogP contribution in [0.15, 0.2) is 41.2 Å². The topological polar surface area (TPSA) is 86.8 Å². The predicted octanol–water partition coefficient (Wildman–Crippen LogP) is 5.48. The van der Waals surface area contributed by atoms with Crippen LogP contribution in [0, 0.1) is 0 Å². The zero-order valence-corrected chi connectivity index (χ0v) is 15.1. The summed E-state index contributed by atoms with van der Waals surface area (Å²) in [6.07, 6.45) is -5.39. The molecule has 4 rings (SSSR count). The Morgan fingerprint density at radius 3 is 2.43 bits per heavy atom. The van der Waals surface area contributed by atoms with Gasteiger partial charge in [-0.2, -0.15) is 13.2 Å². The molecule has 0 bridgehead atoms. The Morgan fingerprint density at radius 1 is 1.07 bits per heavy atom. The average molecular weight is 444 g/mol. The number of halogens is 6. The van der Waals surface area contributed by atoms with E-state index in [2.05, 4.69) is 25.1 Å². The first-order chi connectivity index (χ1) is 14.2. The molecule has 0 aliphatic rings. The van der Waals surface area contributed by atoms with Crippen LogP contribution in [-0.4, -0.2) is 25.1 Å². The Hall–Kier alpha value is -3.41. The van der Waals surface area contributed by atoms with Crippen LogP contribution in [-0.2, 0) is 6.18 Å². The SMILES string of the molecule is FC(F)c1cc(-c2nc(C(F)(F)F)nc3cccc(Oc4ncc(Cl)cn4)c23)on1. The Labute approximate surface area is 168 Å². The van der Waals surface area contributed by atoms with Crippen molar-refractivity contribution < 1.29 is 31.2 Å². The number of alkyl halides is 5. The van der Waals surface area contributed by atoms with Gasteiger partial charge in [-0.1, -0.05) is 22.8 Å². The molecule has 0 aliphatic carbocycles. The van der Waals surface area contributed by atoms with E-state index in [0.29, 0.717) is 0 Å². The highest BCUT2D eigenvalue weighted by molar-refractivity contribution is 6.30. The van der Waals surface area contributed by atoms with Crippen molar-refractivity contribution in [1.82, 2.24) is 25.1 Å². The van der Waals surface area contributed by atoms with Gasteiger partial charge in [0.25, 0.3) is 6.43 Å². The van der Waals surface area contributed by atoms with E-state index < -0.39 is 35.6 Å². The van der Waals surface area contributed by atoms with Gasteiger partial charge >= 0.3 is 12.2 Å². The Kier molecular flexibility index (Phi) is 4.94. The number of nitrogens with zero attached hydrogens (tertiary/aromatic N) is 5. The highest BCUT2D eigenvalue weighted by Gasteiger charge is 2.36. The molecule has 7 nitrogen and oxygen atoms in total. The lowest BCUT2D eigenvalue weighted by molar-refractivity contribution is -0.144. The Morgan fingerprint density at radius 2 is 1.80 bits per heavy atom. The lowest BCUT2D eigenvalue weighted by Crippen LogP contribution is -2.12. The number of aromatic nitrogens is 5. The summed E-state index contributed by atoms with van der Waals surface area (Å²) >= 11 is 5.72. The highest BCUT2D eigenvalue weighted by Crippen LogP contribution is 2.38. The molecule has 3 aromatic heterocycles. The van der Waals surface area contributed by atoms with Crippen LogP contribution in [0.25, 0.3) is 22.4 Å². The summed E-state index contributed by atoms with van der Waals surface area (Å²) < 4.78 is 76.0. The minimum Gasteiger partial charge on any atom is -0.423 e. The maximum Gasteiger partial charge on any atom is 0.451 e. The molecule has 0 aliphatic heterocycles. The molecule has 30 heavy (non-hydrogen) atoms. The molecule has 0 fully saturated rings. The third kappa shape index (κ3) is 3.85. The maximum absolute atomic E-state index is 13.3. The summed E-state index contributed by atoms with van der Waals surface area (Å²) in [6, 6.07) is 4.68. The second-order valence-electron chi connectivity index (χ2n) is 5.75. The summed E-state index contributed by atoms with van der Waals surface area (Å²) in [5.41, 5.74) is -1.37. The predicted molar refractivity (Wildman–Crippen MR) is 92.1 cm³/mol. The van der Waals surface area contributed by atoms with Gasteiger partial charge in [0.1, 0.15) is 11.4 Å². The van der Waals surface area contributed by atoms with Crippen molar-refractivity contribution in [3.63, 3.8) is 0 Å². The highest BCUT2D eigenvalue weighted by atomic mass is 35.5. The molecule has 0 atom stereocenters. The zero-order chi connectivity index (χ0) is 21.5. The largest absolute Gasteiger partial charge is 0.451 e. The number of benzene rings is 1. The van der Waals surface area contributed by atoms with E-state index in [4.69, 9.17) is 20.9 Å². The van der Waals surface area contributed by atoms with E-state index in [1.54, 1.807) is 0 Å². The van der Waals surface area contributed by atoms with E-state index in [1.165, 1.54) is 30.6 Å². The lowest BCUT2D eigenvalue weighted by atomic mass is 10.1. The van der Waals surface area contributed by atoms with Crippen molar-refractivity contribution in [2.45, 2.75) is 12.6 Å². The summed E-state index contributed by atoms with van der Waals surface area (Å²) in [5, 5.41) is 3.36. The number of hydrogen-bond donors (Lipinski definition) is 0. The summed E-state index contributed by atoms with van der Waals surface area (Å²) in [5.74, 6) is -1.94. The van der Waals surface area contributed by atoms with Crippen LogP contribution in [0.2, 0.25) is 5.02 Å². The maximum atomic E-state index is 13.3. The zero-order valence-electron chi connectivity index (χ0n) is 14.4. The molecule has 154 valence electrons. The molecule has 13 heteroatoms. The van der Waals surface area contributed by atoms with Crippen LogP contribution in [0.1, 0.15) is 17.9 Å². The number of ether oxygens (including phenoxy) is 1. The second kappa shape index (κ2) is 7.44. The van der Waals surface area contributed by atoms with Gasteiger partial charge in [0, 0.05) is 6.07 Å². The van der Waals surface area contributed by atoms with E-state index >= 15 is 0 Å². The smallest absolute Gasteiger partial charge is 0.423 e. The molecular weight excluding hydrogens is 437 g/mol. The molecule has 0 spiro atoms. The minimum atomic E-state index is -4.90. The summed E-state index contributed by atoms with van der Waals surface area (Å²) in [7, 11) is 0. The van der Waals surface area contributed by atoms with Gasteiger partial charge in [0.15, 0.2) is 11.5 Å². The molecule has 0 amide bonds. The summed E-state index contributed by atoms with van der Waals surface area (Å²) in [4.78, 5) is 14.7. The molecule has 4 aromatic rings. The van der Waals surface area contributed by atoms with Gasteiger partial charge in [-0.15, -0.1) is 0 Å². The third-order valence-electron chi connectivity index (χ3n) is 3.72. The van der Waals surface area contributed by atoms with Crippen LogP contribution in [0.3, 0.4) is 0 Å². The van der Waals surface area contributed by atoms with E-state index in [-0.39, 0.29) is 27.7 Å². The van der Waals surface area contributed by atoms with Gasteiger partial charge in [-0.05, 0) is 12.1 Å². The molecule has 3 heterocycles. The van der Waals surface area contributed by atoms with Crippen molar-refractivity contribution in [3.05, 3.63) is 53.2 Å². The normalized spacial score (nSPS) is 12.0. The van der Waals surface area contributed by atoms with Crippen molar-refractivity contribution in [2.24, 2.45) is 0 Å². The summed E-state index contributed by atoms with van der Waals surface area (Å²) in [6.45, 7) is 0. The first-order valence-corrected chi connectivity index (χ1v) is 8.38. The monoisotopic (exact) mass is 443 g/mol. The Bertz CT molecular complexity index is 1210. The Balaban J connectivity index is 1.94. The van der Waals surface area contributed by atoms with Crippen LogP contribution in [0.4, 0.5) is 22.0 Å². The van der Waals surface area contributed by atoms with Crippen molar-refractivity contribution in [2.75, 3.05) is 0 Å². The molecule has 0 radical (unpaired) electrons. The number of fused-ring (bicyclic) bond motifs is 1. The molecule has 0 unspecified atom stereocenters. The number of rotatable bonds is 4. The fourth-order valence-corrected chi connectivity index (χ4v) is 2.59. The van der Waals surface area contributed by atoms with Crippen molar-refractivity contribution >= 4 is 22.5 Å². The first-order valence-electron chi connectivity index (χ1n) is 8.01. The van der Waals surface area contributed by atoms with Crippen LogP contribution >= 0.6 is 11.6 Å². The second-order valence-corrected chi connectivity index (χ2v) is 6.18. The van der Waals surface area contributed by atoms with Crippen LogP contribution < -0.4 is 4.74 Å². The van der Waals surface area contributed by atoms with Crippen molar-refractivity contribution in [1.29, 1.82) is 0 Å². The molecular formula is C17H7ClF5N5O2. The van der Waals surface area contributed by atoms with E-state index in [1.807, 2.05) is 0 Å². The minimum absolute atomic E-state index is 0.0338. The molecule has 0 saturated heterocycles. The standard InChI is InChI=1S/C17H7ClF5N5O2/c18-7-5-24-16(25-6-7)29-10-3-1-2-8-12(10)13(27-15(26-8)17(21,22)23)11-4-9(14(19)20)28-30-11/h1-6,14H. The van der Waals surface area contributed by atoms with Crippen molar-refractivity contribution in [3.8, 4) is 23.2 Å². The molecule has 0 N–H and O–H groups in total. The fourth-order valence-electron chi connectivity index (χ4n) is 2.50. The quantitative estimate of drug-likeness (QED) is 0.386. The van der Waals surface area contributed by atoms with Crippen LogP contribution in [0.5, 0.6) is 11.8 Å². The van der Waals surface area contributed by atoms with Gasteiger partial charge in [-0.3, -0.25) is 0 Å². The fraction of sp³-hybridized carbons (Fsp3) is 0.118. The molecule has 1 aromatic carbocycles. The van der Waals surface area contributed by atoms with E-state index in [9.17, 15) is 22.0 Å². The third-order valence-corrected chi connectivity index (χ3v) is 3.92. The first kappa shape index (κ1) is 19.9. The van der Waals surface area contributed by atoms with Gasteiger partial charge in [0.05, 0.1) is 28.3 Å². The number of hydrogen-bond acceptors (Lipinski definition) is 7. The lowest BCUT2D eigenvalue weighted by Gasteiger charge is -2.12. The van der Waals surface area contributed by atoms with Gasteiger partial charge < -0.3 is 9.26 Å².